The lowest BCUT2D eigenvalue weighted by molar-refractivity contribution is -0.127. The van der Waals surface area contributed by atoms with Gasteiger partial charge in [-0.2, -0.15) is 0 Å². The summed E-state index contributed by atoms with van der Waals surface area (Å²) in [6.45, 7) is 6.13. The lowest BCUT2D eigenvalue weighted by Crippen LogP contribution is -2.52. The molecule has 0 aromatic carbocycles. The van der Waals surface area contributed by atoms with E-state index in [0.717, 1.165) is 30.2 Å². The molecule has 0 spiro atoms. The van der Waals surface area contributed by atoms with Gasteiger partial charge in [-0.05, 0) is 19.8 Å². The number of hydrogen-bond acceptors (Lipinski definition) is 2. The Balaban J connectivity index is 2.53. The van der Waals surface area contributed by atoms with E-state index in [4.69, 9.17) is 5.73 Å². The first-order valence-electron chi connectivity index (χ1n) is 5.33. The molecule has 1 aliphatic carbocycles. The summed E-state index contributed by atoms with van der Waals surface area (Å²) in [5.41, 5.74) is 5.78. The molecule has 1 fully saturated rings. The molecule has 0 heterocycles. The zero-order chi connectivity index (χ0) is 11.5. The molecule has 0 aromatic heterocycles. The van der Waals surface area contributed by atoms with Crippen LogP contribution in [0.2, 0.25) is 0 Å². The number of nitrogens with two attached hydrogens (primary N) is 1. The monoisotopic (exact) mass is 274 g/mol. The first-order chi connectivity index (χ1) is 6.93. The Morgan fingerprint density at radius 2 is 2.33 bits per heavy atom. The molecular formula is C11H19BrN2O. The topological polar surface area (TPSA) is 55.1 Å². The van der Waals surface area contributed by atoms with Crippen LogP contribution in [0.1, 0.15) is 32.6 Å². The molecule has 86 valence electrons. The number of carbonyl (C=O) groups is 1. The van der Waals surface area contributed by atoms with E-state index < -0.39 is 0 Å². The van der Waals surface area contributed by atoms with Crippen molar-refractivity contribution in [2.45, 2.75) is 38.1 Å². The van der Waals surface area contributed by atoms with E-state index >= 15 is 0 Å². The fourth-order valence-electron chi connectivity index (χ4n) is 2.10. The summed E-state index contributed by atoms with van der Waals surface area (Å²) < 4.78 is 0.783. The molecule has 0 radical (unpaired) electrons. The van der Waals surface area contributed by atoms with E-state index in [1.165, 1.54) is 0 Å². The number of hydrogen-bond donors (Lipinski definition) is 2. The zero-order valence-corrected chi connectivity index (χ0v) is 10.8. The fraction of sp³-hybridized carbons (Fsp3) is 0.727. The molecule has 15 heavy (non-hydrogen) atoms. The first kappa shape index (κ1) is 12.7. The van der Waals surface area contributed by atoms with Crippen molar-refractivity contribution < 1.29 is 4.79 Å². The van der Waals surface area contributed by atoms with Crippen molar-refractivity contribution in [3.8, 4) is 0 Å². The molecule has 2 atom stereocenters. The van der Waals surface area contributed by atoms with Crippen molar-refractivity contribution in [3.63, 3.8) is 0 Å². The van der Waals surface area contributed by atoms with Gasteiger partial charge in [0.25, 0.3) is 0 Å². The van der Waals surface area contributed by atoms with Crippen LogP contribution in [-0.4, -0.2) is 18.0 Å². The molecule has 3 N–H and O–H groups in total. The highest BCUT2D eigenvalue weighted by Crippen LogP contribution is 2.31. The van der Waals surface area contributed by atoms with Crippen LogP contribution < -0.4 is 11.1 Å². The van der Waals surface area contributed by atoms with E-state index in [0.29, 0.717) is 6.54 Å². The molecule has 0 aliphatic heterocycles. The smallest absolute Gasteiger partial charge is 0.225 e. The average Bonchev–Trinajstić information content (AvgIpc) is 2.13. The molecule has 1 rings (SSSR count). The van der Waals surface area contributed by atoms with Gasteiger partial charge >= 0.3 is 0 Å². The van der Waals surface area contributed by atoms with Crippen molar-refractivity contribution in [2.75, 3.05) is 6.54 Å². The van der Waals surface area contributed by atoms with Gasteiger partial charge in [0, 0.05) is 16.6 Å². The van der Waals surface area contributed by atoms with Gasteiger partial charge in [0.1, 0.15) is 0 Å². The quantitative estimate of drug-likeness (QED) is 0.826. The van der Waals surface area contributed by atoms with Crippen molar-refractivity contribution in [1.29, 1.82) is 0 Å². The minimum atomic E-state index is -0.351. The Kier molecular flexibility index (Phi) is 4.34. The van der Waals surface area contributed by atoms with Crippen LogP contribution in [-0.2, 0) is 4.79 Å². The second-order valence-electron chi connectivity index (χ2n) is 4.54. The van der Waals surface area contributed by atoms with Gasteiger partial charge in [-0.1, -0.05) is 35.4 Å². The third kappa shape index (κ3) is 3.61. The number of halogens is 1. The van der Waals surface area contributed by atoms with Crippen LogP contribution in [0.4, 0.5) is 0 Å². The van der Waals surface area contributed by atoms with E-state index in [-0.39, 0.29) is 17.4 Å². The Labute approximate surface area is 99.6 Å². The Morgan fingerprint density at radius 3 is 2.87 bits per heavy atom. The van der Waals surface area contributed by atoms with Crippen molar-refractivity contribution >= 4 is 21.8 Å². The minimum absolute atomic E-state index is 0.0558. The van der Waals surface area contributed by atoms with Gasteiger partial charge in [0.2, 0.25) is 5.91 Å². The van der Waals surface area contributed by atoms with E-state index in [9.17, 15) is 4.79 Å². The zero-order valence-electron chi connectivity index (χ0n) is 9.18. The summed E-state index contributed by atoms with van der Waals surface area (Å²) in [5, 5.41) is 2.84. The normalized spacial score (nSPS) is 31.0. The second-order valence-corrected chi connectivity index (χ2v) is 5.66. The molecular weight excluding hydrogens is 256 g/mol. The average molecular weight is 275 g/mol. The number of rotatable bonds is 3. The number of nitrogens with one attached hydrogen (secondary N) is 1. The minimum Gasteiger partial charge on any atom is -0.351 e. The summed E-state index contributed by atoms with van der Waals surface area (Å²) >= 11 is 3.22. The summed E-state index contributed by atoms with van der Waals surface area (Å²) in [7, 11) is 0. The molecule has 0 aromatic rings. The van der Waals surface area contributed by atoms with E-state index in [2.05, 4.69) is 27.8 Å². The third-order valence-electron chi connectivity index (χ3n) is 3.03. The molecule has 1 amide bonds. The SMILES string of the molecule is C=C(Br)CNC(=O)C1CCCCC1(C)N. The van der Waals surface area contributed by atoms with Crippen molar-refractivity contribution in [3.05, 3.63) is 11.1 Å². The highest BCUT2D eigenvalue weighted by Gasteiger charge is 2.37. The Morgan fingerprint density at radius 1 is 1.67 bits per heavy atom. The predicted octanol–water partition coefficient (Wildman–Crippen LogP) is 1.92. The third-order valence-corrected chi connectivity index (χ3v) is 3.31. The van der Waals surface area contributed by atoms with Crippen molar-refractivity contribution in [2.24, 2.45) is 11.7 Å². The van der Waals surface area contributed by atoms with Crippen LogP contribution in [0.15, 0.2) is 11.1 Å². The van der Waals surface area contributed by atoms with Gasteiger partial charge in [0.15, 0.2) is 0 Å². The van der Waals surface area contributed by atoms with Crippen LogP contribution in [0.25, 0.3) is 0 Å². The van der Waals surface area contributed by atoms with Gasteiger partial charge in [-0.15, -0.1) is 0 Å². The van der Waals surface area contributed by atoms with Crippen molar-refractivity contribution in [1.82, 2.24) is 5.32 Å². The number of carbonyl (C=O) groups excluding carboxylic acids is 1. The molecule has 1 saturated carbocycles. The largest absolute Gasteiger partial charge is 0.351 e. The summed E-state index contributed by atoms with van der Waals surface area (Å²) in [6.07, 6.45) is 4.05. The molecule has 2 unspecified atom stereocenters. The molecule has 0 saturated heterocycles. The molecule has 1 aliphatic rings. The maximum Gasteiger partial charge on any atom is 0.225 e. The van der Waals surface area contributed by atoms with E-state index in [1.807, 2.05) is 6.92 Å². The second kappa shape index (κ2) is 5.12. The maximum absolute atomic E-state index is 11.9. The summed E-state index contributed by atoms with van der Waals surface area (Å²) in [4.78, 5) is 11.9. The lowest BCUT2D eigenvalue weighted by Gasteiger charge is -2.37. The standard InChI is InChI=1S/C11H19BrN2O/c1-8(12)7-14-10(15)9-5-3-4-6-11(9,2)13/h9H,1,3-7,13H2,2H3,(H,14,15). The van der Waals surface area contributed by atoms with Gasteiger partial charge in [0.05, 0.1) is 5.92 Å². The van der Waals surface area contributed by atoms with Crippen LogP contribution >= 0.6 is 15.9 Å². The summed E-state index contributed by atoms with van der Waals surface area (Å²) in [5.74, 6) is -0.00148. The molecule has 4 heteroatoms. The van der Waals surface area contributed by atoms with E-state index in [1.54, 1.807) is 0 Å². The highest BCUT2D eigenvalue weighted by atomic mass is 79.9. The number of amides is 1. The highest BCUT2D eigenvalue weighted by molar-refractivity contribution is 9.11. The maximum atomic E-state index is 11.9. The summed E-state index contributed by atoms with van der Waals surface area (Å²) in [6, 6.07) is 0. The predicted molar refractivity (Wildman–Crippen MR) is 65.6 cm³/mol. The molecule has 3 nitrogen and oxygen atoms in total. The van der Waals surface area contributed by atoms with Gasteiger partial charge in [-0.25, -0.2) is 0 Å². The Bertz CT molecular complexity index is 263. The first-order valence-corrected chi connectivity index (χ1v) is 6.12. The lowest BCUT2D eigenvalue weighted by atomic mass is 9.74. The Hall–Kier alpha value is -0.350. The van der Waals surface area contributed by atoms with Crippen LogP contribution in [0, 0.1) is 5.92 Å². The van der Waals surface area contributed by atoms with Gasteiger partial charge in [-0.3, -0.25) is 4.79 Å². The van der Waals surface area contributed by atoms with Gasteiger partial charge < -0.3 is 11.1 Å². The van der Waals surface area contributed by atoms with Crippen LogP contribution in [0.5, 0.6) is 0 Å². The molecule has 0 bridgehead atoms. The fourth-order valence-corrected chi connectivity index (χ4v) is 2.24. The van der Waals surface area contributed by atoms with Crippen LogP contribution in [0.3, 0.4) is 0 Å².